The topological polar surface area (TPSA) is 68.5 Å². The summed E-state index contributed by atoms with van der Waals surface area (Å²) in [6, 6.07) is 16.7. The fourth-order valence-electron chi connectivity index (χ4n) is 3.09. The van der Waals surface area contributed by atoms with Gasteiger partial charge in [0.1, 0.15) is 11.4 Å². The summed E-state index contributed by atoms with van der Waals surface area (Å²) in [6.45, 7) is 1.48. The Morgan fingerprint density at radius 2 is 1.78 bits per heavy atom. The second-order valence-electron chi connectivity index (χ2n) is 6.97. The lowest BCUT2D eigenvalue weighted by Crippen LogP contribution is -2.31. The lowest BCUT2D eigenvalue weighted by atomic mass is 10.1. The van der Waals surface area contributed by atoms with Crippen LogP contribution >= 0.6 is 23.2 Å². The molecule has 4 rings (SSSR count). The zero-order chi connectivity index (χ0) is 22.8. The Hall–Kier alpha value is -3.35. The number of ether oxygens (including phenoxy) is 1. The first kappa shape index (κ1) is 21.9. The van der Waals surface area contributed by atoms with Gasteiger partial charge in [0, 0.05) is 16.3 Å². The minimum Gasteiger partial charge on any atom is -0.473 e. The van der Waals surface area contributed by atoms with E-state index in [9.17, 15) is 14.0 Å². The molecule has 0 spiro atoms. The van der Waals surface area contributed by atoms with Gasteiger partial charge < -0.3 is 14.5 Å². The smallest absolute Gasteiger partial charge is 0.265 e. The molecule has 0 aliphatic rings. The van der Waals surface area contributed by atoms with Crippen LogP contribution in [0, 0.1) is 5.82 Å². The lowest BCUT2D eigenvalue weighted by Gasteiger charge is -2.17. The van der Waals surface area contributed by atoms with Crippen LogP contribution < -0.4 is 15.5 Å². The first-order valence-corrected chi connectivity index (χ1v) is 10.3. The van der Waals surface area contributed by atoms with Gasteiger partial charge in [-0.25, -0.2) is 4.39 Å². The van der Waals surface area contributed by atoms with Gasteiger partial charge in [-0.05, 0) is 61.5 Å². The van der Waals surface area contributed by atoms with Crippen LogP contribution in [0.25, 0.3) is 22.3 Å². The van der Waals surface area contributed by atoms with Crippen molar-refractivity contribution in [2.75, 3.05) is 5.32 Å². The van der Waals surface area contributed by atoms with Crippen LogP contribution in [0.1, 0.15) is 6.92 Å². The highest BCUT2D eigenvalue weighted by Gasteiger charge is 2.24. The van der Waals surface area contributed by atoms with Crippen LogP contribution in [0.5, 0.6) is 5.75 Å². The minimum absolute atomic E-state index is 0.0943. The Morgan fingerprint density at radius 3 is 2.50 bits per heavy atom. The molecule has 0 saturated carbocycles. The van der Waals surface area contributed by atoms with E-state index < -0.39 is 23.3 Å². The molecule has 32 heavy (non-hydrogen) atoms. The number of carbonyl (C=O) groups is 1. The van der Waals surface area contributed by atoms with Crippen molar-refractivity contribution in [1.29, 1.82) is 0 Å². The highest BCUT2D eigenvalue weighted by atomic mass is 35.5. The van der Waals surface area contributed by atoms with E-state index in [2.05, 4.69) is 5.32 Å². The highest BCUT2D eigenvalue weighted by Crippen LogP contribution is 2.36. The molecule has 0 fully saturated rings. The molecule has 4 aromatic rings. The summed E-state index contributed by atoms with van der Waals surface area (Å²) in [5.41, 5.74) is 0.620. The van der Waals surface area contributed by atoms with Crippen molar-refractivity contribution < 1.29 is 18.3 Å². The Kier molecular flexibility index (Phi) is 6.17. The molecule has 1 amide bonds. The minimum atomic E-state index is -1.08. The summed E-state index contributed by atoms with van der Waals surface area (Å²) < 4.78 is 24.9. The molecule has 0 aliphatic carbocycles. The van der Waals surface area contributed by atoms with Gasteiger partial charge in [-0.15, -0.1) is 0 Å². The third-order valence-corrected chi connectivity index (χ3v) is 5.27. The number of carbonyl (C=O) groups excluding carboxylic acids is 1. The zero-order valence-electron chi connectivity index (χ0n) is 16.7. The fraction of sp³-hybridized carbons (Fsp3) is 0.0833. The zero-order valence-corrected chi connectivity index (χ0v) is 18.2. The lowest BCUT2D eigenvalue weighted by molar-refractivity contribution is -0.122. The number of anilines is 1. The molecular weight excluding hydrogens is 456 g/mol. The van der Waals surface area contributed by atoms with Crippen molar-refractivity contribution in [3.05, 3.63) is 92.8 Å². The highest BCUT2D eigenvalue weighted by molar-refractivity contribution is 6.33. The third-order valence-electron chi connectivity index (χ3n) is 4.70. The number of amides is 1. The normalized spacial score (nSPS) is 11.9. The van der Waals surface area contributed by atoms with Crippen LogP contribution in [0.2, 0.25) is 10.0 Å². The molecule has 1 N–H and O–H groups in total. The first-order chi connectivity index (χ1) is 15.3. The molecule has 0 bridgehead atoms. The van der Waals surface area contributed by atoms with Crippen molar-refractivity contribution in [2.45, 2.75) is 13.0 Å². The predicted octanol–water partition coefficient (Wildman–Crippen LogP) is 6.31. The number of benzene rings is 3. The summed E-state index contributed by atoms with van der Waals surface area (Å²) in [7, 11) is 0. The number of hydrogen-bond donors (Lipinski definition) is 1. The number of halogens is 3. The van der Waals surface area contributed by atoms with Gasteiger partial charge in [-0.3, -0.25) is 9.59 Å². The SMILES string of the molecule is C[C@@H](Oc1c(-c2ccccc2Cl)oc2ccc(Cl)cc2c1=O)C(=O)Nc1ccc(F)cc1. The molecule has 1 aromatic heterocycles. The van der Waals surface area contributed by atoms with Gasteiger partial charge >= 0.3 is 0 Å². The quantitative estimate of drug-likeness (QED) is 0.370. The van der Waals surface area contributed by atoms with Crippen molar-refractivity contribution in [1.82, 2.24) is 0 Å². The summed E-state index contributed by atoms with van der Waals surface area (Å²) in [5.74, 6) is -1.04. The van der Waals surface area contributed by atoms with E-state index in [1.54, 1.807) is 36.4 Å². The molecular formula is C24H16Cl2FNO4. The van der Waals surface area contributed by atoms with E-state index >= 15 is 0 Å². The molecule has 1 heterocycles. The van der Waals surface area contributed by atoms with E-state index in [0.717, 1.165) is 0 Å². The molecule has 162 valence electrons. The standard InChI is InChI=1S/C24H16Cl2FNO4/c1-13(24(30)28-16-9-7-15(27)8-10-16)31-23-21(29)18-12-14(25)6-11-20(18)32-22(23)17-4-2-3-5-19(17)26/h2-13H,1H3,(H,28,30)/t13-/m1/s1. The molecule has 8 heteroatoms. The number of fused-ring (bicyclic) bond motifs is 1. The van der Waals surface area contributed by atoms with Crippen LogP contribution in [0.4, 0.5) is 10.1 Å². The van der Waals surface area contributed by atoms with Gasteiger partial charge in [0.05, 0.1) is 10.4 Å². The predicted molar refractivity (Wildman–Crippen MR) is 123 cm³/mol. The van der Waals surface area contributed by atoms with Crippen molar-refractivity contribution in [3.8, 4) is 17.1 Å². The second kappa shape index (κ2) is 9.02. The van der Waals surface area contributed by atoms with Gasteiger partial charge in [0.15, 0.2) is 11.9 Å². The van der Waals surface area contributed by atoms with E-state index in [-0.39, 0.29) is 16.9 Å². The Labute approximate surface area is 192 Å². The van der Waals surface area contributed by atoms with E-state index in [4.69, 9.17) is 32.4 Å². The summed E-state index contributed by atoms with van der Waals surface area (Å²) in [5, 5.41) is 3.51. The van der Waals surface area contributed by atoms with Gasteiger partial charge in [-0.2, -0.15) is 0 Å². The van der Waals surface area contributed by atoms with E-state index in [1.807, 2.05) is 0 Å². The third kappa shape index (κ3) is 4.47. The molecule has 3 aromatic carbocycles. The van der Waals surface area contributed by atoms with E-state index in [0.29, 0.717) is 26.9 Å². The largest absolute Gasteiger partial charge is 0.473 e. The summed E-state index contributed by atoms with van der Waals surface area (Å²) in [4.78, 5) is 25.9. The molecule has 5 nitrogen and oxygen atoms in total. The first-order valence-electron chi connectivity index (χ1n) is 9.58. The maximum absolute atomic E-state index is 13.3. The average Bonchev–Trinajstić information content (AvgIpc) is 2.78. The maximum Gasteiger partial charge on any atom is 0.265 e. The molecule has 0 radical (unpaired) electrons. The summed E-state index contributed by atoms with van der Waals surface area (Å²) in [6.07, 6.45) is -1.08. The van der Waals surface area contributed by atoms with Crippen molar-refractivity contribution >= 4 is 45.8 Å². The van der Waals surface area contributed by atoms with Crippen molar-refractivity contribution in [3.63, 3.8) is 0 Å². The molecule has 0 unspecified atom stereocenters. The average molecular weight is 472 g/mol. The molecule has 1 atom stereocenters. The van der Waals surface area contributed by atoms with Crippen LogP contribution in [-0.2, 0) is 4.79 Å². The van der Waals surface area contributed by atoms with Gasteiger partial charge in [0.25, 0.3) is 5.91 Å². The Morgan fingerprint density at radius 1 is 1.06 bits per heavy atom. The maximum atomic E-state index is 13.3. The second-order valence-corrected chi connectivity index (χ2v) is 7.81. The number of nitrogens with one attached hydrogen (secondary N) is 1. The van der Waals surface area contributed by atoms with Gasteiger partial charge in [-0.1, -0.05) is 35.3 Å². The Balaban J connectivity index is 1.76. The number of rotatable bonds is 5. The molecule has 0 saturated heterocycles. The number of hydrogen-bond acceptors (Lipinski definition) is 4. The van der Waals surface area contributed by atoms with Gasteiger partial charge in [0.2, 0.25) is 11.2 Å². The van der Waals surface area contributed by atoms with Crippen LogP contribution in [0.3, 0.4) is 0 Å². The van der Waals surface area contributed by atoms with Crippen LogP contribution in [-0.4, -0.2) is 12.0 Å². The Bertz CT molecular complexity index is 1370. The monoisotopic (exact) mass is 471 g/mol. The summed E-state index contributed by atoms with van der Waals surface area (Å²) >= 11 is 12.4. The van der Waals surface area contributed by atoms with Crippen LogP contribution in [0.15, 0.2) is 75.9 Å². The van der Waals surface area contributed by atoms with E-state index in [1.165, 1.54) is 37.3 Å². The molecule has 0 aliphatic heterocycles. The fourth-order valence-corrected chi connectivity index (χ4v) is 3.48. The van der Waals surface area contributed by atoms with Crippen molar-refractivity contribution in [2.24, 2.45) is 0 Å².